The van der Waals surface area contributed by atoms with Gasteiger partial charge in [0.25, 0.3) is 5.91 Å². The van der Waals surface area contributed by atoms with Crippen LogP contribution in [-0.4, -0.2) is 50.7 Å². The molecule has 6 nitrogen and oxygen atoms in total. The van der Waals surface area contributed by atoms with Crippen LogP contribution in [0.15, 0.2) is 0 Å². The van der Waals surface area contributed by atoms with E-state index in [0.29, 0.717) is 19.4 Å². The highest BCUT2D eigenvalue weighted by Gasteiger charge is 2.39. The molecule has 1 saturated heterocycles. The van der Waals surface area contributed by atoms with Crippen molar-refractivity contribution in [3.05, 3.63) is 0 Å². The fourth-order valence-corrected chi connectivity index (χ4v) is 2.00. The molecule has 2 amide bonds. The molecule has 1 fully saturated rings. The summed E-state index contributed by atoms with van der Waals surface area (Å²) in [5.41, 5.74) is -0.781. The molecule has 0 aromatic carbocycles. The first-order chi connectivity index (χ1) is 8.64. The summed E-state index contributed by atoms with van der Waals surface area (Å²) < 4.78 is 5.37. The summed E-state index contributed by atoms with van der Waals surface area (Å²) in [6, 6.07) is 0. The van der Waals surface area contributed by atoms with Crippen LogP contribution in [0.1, 0.15) is 26.2 Å². The van der Waals surface area contributed by atoms with E-state index in [4.69, 9.17) is 4.74 Å². The fraction of sp³-hybridized carbons (Fsp3) is 0.833. The number of amides is 2. The lowest BCUT2D eigenvalue weighted by atomic mass is 9.91. The summed E-state index contributed by atoms with van der Waals surface area (Å²) in [6.07, 6.45) is 2.14. The maximum atomic E-state index is 12.1. The van der Waals surface area contributed by atoms with Gasteiger partial charge < -0.3 is 20.7 Å². The first-order valence-corrected chi connectivity index (χ1v) is 6.45. The second kappa shape index (κ2) is 9.12. The summed E-state index contributed by atoms with van der Waals surface area (Å²) in [5.74, 6) is -0.358. The molecule has 1 heterocycles. The molecule has 0 saturated carbocycles. The third-order valence-corrected chi connectivity index (χ3v) is 3.20. The number of carbonyl (C=O) groups is 2. The van der Waals surface area contributed by atoms with E-state index in [1.165, 1.54) is 0 Å². The van der Waals surface area contributed by atoms with Gasteiger partial charge in [-0.3, -0.25) is 9.59 Å². The lowest BCUT2D eigenvalue weighted by molar-refractivity contribution is -0.147. The molecule has 0 atom stereocenters. The smallest absolute Gasteiger partial charge is 0.252 e. The SMILES string of the molecule is CCCNC(=O)CNC(=O)C1(OC)CCNCC1.Cl. The highest BCUT2D eigenvalue weighted by Crippen LogP contribution is 2.22. The van der Waals surface area contributed by atoms with E-state index in [1.807, 2.05) is 6.92 Å². The first-order valence-electron chi connectivity index (χ1n) is 6.45. The Morgan fingerprint density at radius 3 is 2.42 bits per heavy atom. The standard InChI is InChI=1S/C12H23N3O3.ClH/c1-3-6-14-10(16)9-15-11(17)12(18-2)4-7-13-8-5-12;/h13H,3-9H2,1-2H3,(H,14,16)(H,15,17);1H. The predicted octanol–water partition coefficient (Wildman–Crippen LogP) is -0.181. The van der Waals surface area contributed by atoms with Gasteiger partial charge in [-0.2, -0.15) is 0 Å². The molecule has 0 radical (unpaired) electrons. The van der Waals surface area contributed by atoms with Gasteiger partial charge in [0.1, 0.15) is 5.60 Å². The Bertz CT molecular complexity index is 294. The molecule has 1 aliphatic heterocycles. The van der Waals surface area contributed by atoms with E-state index < -0.39 is 5.60 Å². The van der Waals surface area contributed by atoms with Gasteiger partial charge in [-0.15, -0.1) is 12.4 Å². The molecule has 0 aliphatic carbocycles. The van der Waals surface area contributed by atoms with Crippen molar-refractivity contribution in [3.63, 3.8) is 0 Å². The van der Waals surface area contributed by atoms with Crippen molar-refractivity contribution < 1.29 is 14.3 Å². The van der Waals surface area contributed by atoms with Gasteiger partial charge in [0.2, 0.25) is 5.91 Å². The van der Waals surface area contributed by atoms with E-state index in [0.717, 1.165) is 19.5 Å². The molecule has 0 spiro atoms. The van der Waals surface area contributed by atoms with Gasteiger partial charge in [0.05, 0.1) is 6.54 Å². The number of hydrogen-bond donors (Lipinski definition) is 3. The lowest BCUT2D eigenvalue weighted by Crippen LogP contribution is -2.55. The Balaban J connectivity index is 0.00000324. The number of piperidine rings is 1. The van der Waals surface area contributed by atoms with Gasteiger partial charge in [0.15, 0.2) is 0 Å². The molecule has 7 heteroatoms. The fourth-order valence-electron chi connectivity index (χ4n) is 2.00. The summed E-state index contributed by atoms with van der Waals surface area (Å²) >= 11 is 0. The van der Waals surface area contributed by atoms with Crippen LogP contribution in [0, 0.1) is 0 Å². The van der Waals surface area contributed by atoms with Crippen molar-refractivity contribution in [2.24, 2.45) is 0 Å². The number of carbonyl (C=O) groups excluding carboxylic acids is 2. The Kier molecular flexibility index (Phi) is 8.71. The van der Waals surface area contributed by atoms with Crippen LogP contribution in [0.25, 0.3) is 0 Å². The van der Waals surface area contributed by atoms with E-state index >= 15 is 0 Å². The normalized spacial score (nSPS) is 17.2. The predicted molar refractivity (Wildman–Crippen MR) is 75.4 cm³/mol. The largest absolute Gasteiger partial charge is 0.368 e. The summed E-state index contributed by atoms with van der Waals surface area (Å²) in [7, 11) is 1.54. The van der Waals surface area contributed by atoms with Gasteiger partial charge in [-0.1, -0.05) is 6.92 Å². The highest BCUT2D eigenvalue weighted by atomic mass is 35.5. The molecule has 0 unspecified atom stereocenters. The Hall–Kier alpha value is -0.850. The van der Waals surface area contributed by atoms with Crippen molar-refractivity contribution in [3.8, 4) is 0 Å². The number of rotatable bonds is 6. The quantitative estimate of drug-likeness (QED) is 0.635. The van der Waals surface area contributed by atoms with E-state index in [2.05, 4.69) is 16.0 Å². The average Bonchev–Trinajstić information content (AvgIpc) is 2.43. The Morgan fingerprint density at radius 2 is 1.89 bits per heavy atom. The minimum Gasteiger partial charge on any atom is -0.368 e. The number of hydrogen-bond acceptors (Lipinski definition) is 4. The zero-order valence-corrected chi connectivity index (χ0v) is 12.4. The molecule has 0 aromatic rings. The van der Waals surface area contributed by atoms with Crippen molar-refractivity contribution in [1.29, 1.82) is 0 Å². The van der Waals surface area contributed by atoms with E-state index in [1.54, 1.807) is 7.11 Å². The van der Waals surface area contributed by atoms with Crippen LogP contribution in [0.5, 0.6) is 0 Å². The molecule has 0 bridgehead atoms. The third-order valence-electron chi connectivity index (χ3n) is 3.20. The van der Waals surface area contributed by atoms with E-state index in [9.17, 15) is 9.59 Å². The topological polar surface area (TPSA) is 79.5 Å². The third kappa shape index (κ3) is 5.34. The maximum absolute atomic E-state index is 12.1. The first kappa shape index (κ1) is 18.1. The molecular formula is C12H24ClN3O3. The monoisotopic (exact) mass is 293 g/mol. The van der Waals surface area contributed by atoms with Crippen molar-refractivity contribution in [1.82, 2.24) is 16.0 Å². The van der Waals surface area contributed by atoms with Gasteiger partial charge in [-0.25, -0.2) is 0 Å². The van der Waals surface area contributed by atoms with Gasteiger partial charge in [-0.05, 0) is 32.4 Å². The van der Waals surface area contributed by atoms with Crippen LogP contribution in [0.4, 0.5) is 0 Å². The number of nitrogens with one attached hydrogen (secondary N) is 3. The Morgan fingerprint density at radius 1 is 1.26 bits per heavy atom. The van der Waals surface area contributed by atoms with Crippen LogP contribution in [0.3, 0.4) is 0 Å². The molecular weight excluding hydrogens is 270 g/mol. The second-order valence-electron chi connectivity index (χ2n) is 4.48. The second-order valence-corrected chi connectivity index (χ2v) is 4.48. The van der Waals surface area contributed by atoms with Crippen LogP contribution in [-0.2, 0) is 14.3 Å². The molecule has 112 valence electrons. The van der Waals surface area contributed by atoms with Crippen LogP contribution >= 0.6 is 12.4 Å². The van der Waals surface area contributed by atoms with Gasteiger partial charge >= 0.3 is 0 Å². The molecule has 19 heavy (non-hydrogen) atoms. The maximum Gasteiger partial charge on any atom is 0.252 e. The molecule has 1 rings (SSSR count). The minimum atomic E-state index is -0.781. The number of halogens is 1. The van der Waals surface area contributed by atoms with Crippen molar-refractivity contribution >= 4 is 24.2 Å². The number of ether oxygens (including phenoxy) is 1. The summed E-state index contributed by atoms with van der Waals surface area (Å²) in [5, 5.41) is 8.55. The summed E-state index contributed by atoms with van der Waals surface area (Å²) in [4.78, 5) is 23.5. The van der Waals surface area contributed by atoms with Gasteiger partial charge in [0, 0.05) is 13.7 Å². The molecule has 3 N–H and O–H groups in total. The highest BCUT2D eigenvalue weighted by molar-refractivity contribution is 5.89. The summed E-state index contributed by atoms with van der Waals surface area (Å²) in [6.45, 7) is 4.13. The van der Waals surface area contributed by atoms with Crippen LogP contribution < -0.4 is 16.0 Å². The molecule has 1 aliphatic rings. The van der Waals surface area contributed by atoms with Crippen molar-refractivity contribution in [2.45, 2.75) is 31.8 Å². The zero-order chi connectivity index (χ0) is 13.4. The lowest BCUT2D eigenvalue weighted by Gasteiger charge is -2.34. The molecule has 0 aromatic heterocycles. The average molecular weight is 294 g/mol. The minimum absolute atomic E-state index is 0. The zero-order valence-electron chi connectivity index (χ0n) is 11.6. The Labute approximate surface area is 120 Å². The number of methoxy groups -OCH3 is 1. The van der Waals surface area contributed by atoms with Crippen LogP contribution in [0.2, 0.25) is 0 Å². The van der Waals surface area contributed by atoms with Crippen molar-refractivity contribution in [2.75, 3.05) is 33.3 Å². The van der Waals surface area contributed by atoms with E-state index in [-0.39, 0.29) is 30.8 Å².